The smallest absolute Gasteiger partial charge is 0.266 e. The molecule has 4 rings (SSSR count). The number of hydrogen-bond acceptors (Lipinski definition) is 5. The van der Waals surface area contributed by atoms with E-state index in [0.29, 0.717) is 38.2 Å². The number of amides is 1. The number of carbonyl (C=O) groups is 1. The SMILES string of the molecule is CC(Oc1ccc(Cl)cc1Cl)C(=O)NC(=S)Nc1ccc2nn(-c3ccc(F)cc3)nc2c1. The van der Waals surface area contributed by atoms with Crippen LogP contribution in [0.3, 0.4) is 0 Å². The summed E-state index contributed by atoms with van der Waals surface area (Å²) in [5.41, 5.74) is 2.46. The second-order valence-corrected chi connectivity index (χ2v) is 8.20. The van der Waals surface area contributed by atoms with Gasteiger partial charge in [-0.15, -0.1) is 10.2 Å². The predicted octanol–water partition coefficient (Wildman–Crippen LogP) is 5.15. The topological polar surface area (TPSA) is 81.1 Å². The lowest BCUT2D eigenvalue weighted by Crippen LogP contribution is -2.42. The number of nitrogens with zero attached hydrogens (tertiary/aromatic N) is 3. The lowest BCUT2D eigenvalue weighted by molar-refractivity contribution is -0.125. The van der Waals surface area contributed by atoms with Crippen molar-refractivity contribution in [1.29, 1.82) is 0 Å². The Morgan fingerprint density at radius 1 is 1.06 bits per heavy atom. The van der Waals surface area contributed by atoms with Gasteiger partial charge in [-0.2, -0.15) is 4.80 Å². The first-order chi connectivity index (χ1) is 15.8. The molecular formula is C22H16Cl2FN5O2S. The van der Waals surface area contributed by atoms with Gasteiger partial charge in [-0.1, -0.05) is 23.2 Å². The second kappa shape index (κ2) is 9.70. The number of rotatable bonds is 5. The van der Waals surface area contributed by atoms with Crippen molar-refractivity contribution in [3.63, 3.8) is 0 Å². The van der Waals surface area contributed by atoms with E-state index in [1.165, 1.54) is 23.0 Å². The average Bonchev–Trinajstić information content (AvgIpc) is 3.19. The third kappa shape index (κ3) is 5.57. The quantitative estimate of drug-likeness (QED) is 0.366. The maximum absolute atomic E-state index is 13.1. The molecule has 1 unspecified atom stereocenters. The molecule has 0 aliphatic heterocycles. The lowest BCUT2D eigenvalue weighted by atomic mass is 10.3. The van der Waals surface area contributed by atoms with Crippen molar-refractivity contribution in [2.45, 2.75) is 13.0 Å². The van der Waals surface area contributed by atoms with E-state index in [4.69, 9.17) is 40.2 Å². The summed E-state index contributed by atoms with van der Waals surface area (Å²) in [5.74, 6) is -0.465. The maximum atomic E-state index is 13.1. The number of hydrogen-bond donors (Lipinski definition) is 2. The molecule has 1 heterocycles. The van der Waals surface area contributed by atoms with Crippen molar-refractivity contribution in [3.05, 3.63) is 76.5 Å². The Morgan fingerprint density at radius 2 is 1.79 bits per heavy atom. The van der Waals surface area contributed by atoms with Crippen LogP contribution in [0.1, 0.15) is 6.92 Å². The lowest BCUT2D eigenvalue weighted by Gasteiger charge is -2.16. The molecule has 11 heteroatoms. The summed E-state index contributed by atoms with van der Waals surface area (Å²) in [7, 11) is 0. The summed E-state index contributed by atoms with van der Waals surface area (Å²) in [4.78, 5) is 13.8. The minimum Gasteiger partial charge on any atom is -0.479 e. The monoisotopic (exact) mass is 503 g/mol. The molecular weight excluding hydrogens is 488 g/mol. The van der Waals surface area contributed by atoms with Crippen LogP contribution in [0.25, 0.3) is 16.7 Å². The van der Waals surface area contributed by atoms with Crippen LogP contribution in [0.4, 0.5) is 10.1 Å². The van der Waals surface area contributed by atoms with Crippen LogP contribution in [0, 0.1) is 5.82 Å². The molecule has 0 saturated carbocycles. The van der Waals surface area contributed by atoms with Gasteiger partial charge in [0.05, 0.1) is 10.7 Å². The number of halogens is 3. The van der Waals surface area contributed by atoms with Gasteiger partial charge < -0.3 is 10.1 Å². The van der Waals surface area contributed by atoms with E-state index >= 15 is 0 Å². The molecule has 0 aliphatic carbocycles. The van der Waals surface area contributed by atoms with Gasteiger partial charge in [0, 0.05) is 10.7 Å². The molecule has 0 saturated heterocycles. The first-order valence-corrected chi connectivity index (χ1v) is 10.8. The summed E-state index contributed by atoms with van der Waals surface area (Å²) in [6.45, 7) is 1.57. The predicted molar refractivity (Wildman–Crippen MR) is 130 cm³/mol. The van der Waals surface area contributed by atoms with Crippen LogP contribution < -0.4 is 15.4 Å². The van der Waals surface area contributed by atoms with Gasteiger partial charge in [0.1, 0.15) is 22.6 Å². The number of nitrogens with one attached hydrogen (secondary N) is 2. The molecule has 2 N–H and O–H groups in total. The molecule has 7 nitrogen and oxygen atoms in total. The highest BCUT2D eigenvalue weighted by atomic mass is 35.5. The molecule has 0 spiro atoms. The normalized spacial score (nSPS) is 11.8. The Morgan fingerprint density at radius 3 is 2.52 bits per heavy atom. The van der Waals surface area contributed by atoms with E-state index < -0.39 is 12.0 Å². The first-order valence-electron chi connectivity index (χ1n) is 9.65. The van der Waals surface area contributed by atoms with Gasteiger partial charge in [-0.25, -0.2) is 4.39 Å². The van der Waals surface area contributed by atoms with Gasteiger partial charge in [0.25, 0.3) is 5.91 Å². The molecule has 4 aromatic rings. The highest BCUT2D eigenvalue weighted by Crippen LogP contribution is 2.28. The molecule has 0 bridgehead atoms. The summed E-state index contributed by atoms with van der Waals surface area (Å²) in [5, 5.41) is 15.1. The number of fused-ring (bicyclic) bond motifs is 1. The van der Waals surface area contributed by atoms with Gasteiger partial charge >= 0.3 is 0 Å². The second-order valence-electron chi connectivity index (χ2n) is 6.95. The first kappa shape index (κ1) is 22.9. The fourth-order valence-electron chi connectivity index (χ4n) is 2.87. The van der Waals surface area contributed by atoms with Crippen LogP contribution in [0.15, 0.2) is 60.7 Å². The Kier molecular flexibility index (Phi) is 6.73. The molecule has 1 aromatic heterocycles. The van der Waals surface area contributed by atoms with Crippen LogP contribution in [0.2, 0.25) is 10.0 Å². The molecule has 33 heavy (non-hydrogen) atoms. The molecule has 0 fully saturated rings. The Labute approximate surface area is 203 Å². The fourth-order valence-corrected chi connectivity index (χ4v) is 3.54. The highest BCUT2D eigenvalue weighted by molar-refractivity contribution is 7.80. The largest absolute Gasteiger partial charge is 0.479 e. The molecule has 1 atom stereocenters. The molecule has 3 aromatic carbocycles. The Balaban J connectivity index is 1.39. The van der Waals surface area contributed by atoms with Crippen molar-refractivity contribution in [2.24, 2.45) is 0 Å². The van der Waals surface area contributed by atoms with Crippen molar-refractivity contribution in [2.75, 3.05) is 5.32 Å². The van der Waals surface area contributed by atoms with Crippen molar-refractivity contribution in [1.82, 2.24) is 20.3 Å². The van der Waals surface area contributed by atoms with E-state index in [0.717, 1.165) is 0 Å². The van der Waals surface area contributed by atoms with E-state index in [2.05, 4.69) is 20.8 Å². The summed E-state index contributed by atoms with van der Waals surface area (Å²) >= 11 is 17.2. The third-order valence-corrected chi connectivity index (χ3v) is 5.23. The van der Waals surface area contributed by atoms with Crippen molar-refractivity contribution in [3.8, 4) is 11.4 Å². The van der Waals surface area contributed by atoms with Crippen LogP contribution >= 0.6 is 35.4 Å². The highest BCUT2D eigenvalue weighted by Gasteiger charge is 2.18. The number of benzene rings is 3. The summed E-state index contributed by atoms with van der Waals surface area (Å²) < 4.78 is 18.7. The molecule has 1 amide bonds. The molecule has 168 valence electrons. The van der Waals surface area contributed by atoms with E-state index in [-0.39, 0.29) is 10.9 Å². The van der Waals surface area contributed by atoms with E-state index in [1.54, 1.807) is 49.4 Å². The zero-order valence-corrected chi connectivity index (χ0v) is 19.4. The number of anilines is 1. The number of thiocarbonyl (C=S) groups is 1. The average molecular weight is 504 g/mol. The number of aromatic nitrogens is 3. The molecule has 0 radical (unpaired) electrons. The van der Waals surface area contributed by atoms with Gasteiger partial charge in [-0.05, 0) is 79.8 Å². The van der Waals surface area contributed by atoms with Crippen LogP contribution in [0.5, 0.6) is 5.75 Å². The van der Waals surface area contributed by atoms with E-state index in [1.807, 2.05) is 0 Å². The molecule has 0 aliphatic rings. The zero-order valence-electron chi connectivity index (χ0n) is 17.1. The summed E-state index contributed by atoms with van der Waals surface area (Å²) in [6.07, 6.45) is -0.860. The summed E-state index contributed by atoms with van der Waals surface area (Å²) in [6, 6.07) is 15.8. The maximum Gasteiger partial charge on any atom is 0.266 e. The van der Waals surface area contributed by atoms with Crippen molar-refractivity contribution < 1.29 is 13.9 Å². The van der Waals surface area contributed by atoms with E-state index in [9.17, 15) is 9.18 Å². The van der Waals surface area contributed by atoms with Gasteiger partial charge in [-0.3, -0.25) is 10.1 Å². The standard InChI is InChI=1S/C22H16Cl2FN5O2S/c1-12(32-20-9-2-13(23)10-17(20)24)21(31)27-22(33)26-15-5-8-18-19(11-15)29-30(28-18)16-6-3-14(25)4-7-16/h2-12H,1H3,(H2,26,27,31,33). The van der Waals surface area contributed by atoms with Gasteiger partial charge in [0.15, 0.2) is 11.2 Å². The zero-order chi connectivity index (χ0) is 23.5. The minimum absolute atomic E-state index is 0.0860. The Bertz CT molecular complexity index is 1350. The van der Waals surface area contributed by atoms with Crippen LogP contribution in [-0.2, 0) is 4.79 Å². The van der Waals surface area contributed by atoms with Gasteiger partial charge in [0.2, 0.25) is 0 Å². The fraction of sp³-hybridized carbons (Fsp3) is 0.0909. The minimum atomic E-state index is -0.860. The third-order valence-electron chi connectivity index (χ3n) is 4.50. The Hall–Kier alpha value is -3.27. The van der Waals surface area contributed by atoms with Crippen molar-refractivity contribution >= 4 is 63.2 Å². The van der Waals surface area contributed by atoms with Crippen LogP contribution in [-0.4, -0.2) is 32.1 Å². The number of ether oxygens (including phenoxy) is 1. The number of carbonyl (C=O) groups excluding carboxylic acids is 1.